The van der Waals surface area contributed by atoms with Crippen LogP contribution >= 0.6 is 15.9 Å². The molecule has 0 spiro atoms. The normalized spacial score (nSPS) is 7.57. The van der Waals surface area contributed by atoms with E-state index < -0.39 is 0 Å². The van der Waals surface area contributed by atoms with Gasteiger partial charge < -0.3 is 0 Å². The van der Waals surface area contributed by atoms with E-state index in [1.165, 1.54) is 0 Å². The van der Waals surface area contributed by atoms with Crippen molar-refractivity contribution >= 4 is 15.9 Å². The Morgan fingerprint density at radius 3 is 2.71 bits per heavy atom. The van der Waals surface area contributed by atoms with Crippen molar-refractivity contribution < 1.29 is 0 Å². The van der Waals surface area contributed by atoms with Gasteiger partial charge in [-0.1, -0.05) is 18.2 Å². The third-order valence-corrected chi connectivity index (χ3v) is 1.08. The van der Waals surface area contributed by atoms with Gasteiger partial charge in [0.15, 0.2) is 0 Å². The largest absolute Gasteiger partial charge is 0.0691 e. The SMILES string of the molecule is Brc1c#cccc1. The first-order chi connectivity index (χ1) is 3.39. The fourth-order valence-corrected chi connectivity index (χ4v) is 0.600. The predicted molar refractivity (Wildman–Crippen MR) is 31.8 cm³/mol. The molecule has 0 N–H and O–H groups in total. The van der Waals surface area contributed by atoms with Gasteiger partial charge in [0, 0.05) is 0 Å². The first-order valence-electron chi connectivity index (χ1n) is 1.93. The van der Waals surface area contributed by atoms with Gasteiger partial charge in [0.25, 0.3) is 0 Å². The van der Waals surface area contributed by atoms with Gasteiger partial charge in [-0.2, -0.15) is 0 Å². The molecule has 0 saturated heterocycles. The average molecular weight is 155 g/mol. The maximum absolute atomic E-state index is 3.22. The van der Waals surface area contributed by atoms with E-state index in [2.05, 4.69) is 28.1 Å². The molecule has 1 heteroatoms. The van der Waals surface area contributed by atoms with Crippen molar-refractivity contribution in [1.82, 2.24) is 0 Å². The molecule has 0 heterocycles. The Kier molecular flexibility index (Phi) is 1.33. The van der Waals surface area contributed by atoms with Crippen molar-refractivity contribution in [3.8, 4) is 0 Å². The summed E-state index contributed by atoms with van der Waals surface area (Å²) >= 11 is 3.22. The molecule has 34 valence electrons. The molecule has 0 aliphatic heterocycles. The molecule has 0 unspecified atom stereocenters. The van der Waals surface area contributed by atoms with Crippen LogP contribution in [0.2, 0.25) is 0 Å². The van der Waals surface area contributed by atoms with E-state index in [0.29, 0.717) is 0 Å². The van der Waals surface area contributed by atoms with Crippen molar-refractivity contribution in [2.45, 2.75) is 0 Å². The van der Waals surface area contributed by atoms with E-state index in [-0.39, 0.29) is 0 Å². The zero-order valence-corrected chi connectivity index (χ0v) is 5.20. The van der Waals surface area contributed by atoms with Gasteiger partial charge in [-0.3, -0.25) is 0 Å². The molecule has 0 nitrogen and oxygen atoms in total. The lowest BCUT2D eigenvalue weighted by Gasteiger charge is -1.72. The predicted octanol–water partition coefficient (Wildman–Crippen LogP) is 2.05. The molecule has 0 amide bonds. The third kappa shape index (κ3) is 1.21. The summed E-state index contributed by atoms with van der Waals surface area (Å²) in [5.74, 6) is 0. The molecule has 0 fully saturated rings. The van der Waals surface area contributed by atoms with Crippen molar-refractivity contribution in [2.75, 3.05) is 0 Å². The van der Waals surface area contributed by atoms with Crippen molar-refractivity contribution in [2.24, 2.45) is 0 Å². The molecule has 0 aliphatic rings. The maximum Gasteiger partial charge on any atom is 0.0677 e. The first-order valence-corrected chi connectivity index (χ1v) is 2.73. The monoisotopic (exact) mass is 154 g/mol. The van der Waals surface area contributed by atoms with E-state index >= 15 is 0 Å². The van der Waals surface area contributed by atoms with Gasteiger partial charge >= 0.3 is 0 Å². The smallest absolute Gasteiger partial charge is 0.0677 e. The number of hydrogen-bond donors (Lipinski definition) is 0. The molecule has 0 aliphatic carbocycles. The Morgan fingerprint density at radius 1 is 1.57 bits per heavy atom. The van der Waals surface area contributed by atoms with Gasteiger partial charge in [0.05, 0.1) is 4.47 Å². The van der Waals surface area contributed by atoms with Gasteiger partial charge in [-0.05, 0) is 28.1 Å². The molecule has 0 aromatic heterocycles. The van der Waals surface area contributed by atoms with Crippen LogP contribution in [-0.2, 0) is 0 Å². The Balaban J connectivity index is 3.02. The molecule has 0 bridgehead atoms. The van der Waals surface area contributed by atoms with Crippen LogP contribution in [0.15, 0.2) is 22.7 Å². The van der Waals surface area contributed by atoms with Crippen LogP contribution < -0.4 is 0 Å². The average Bonchev–Trinajstić information content (AvgIpc) is 1.69. The van der Waals surface area contributed by atoms with Gasteiger partial charge in [-0.25, -0.2) is 0 Å². The number of rotatable bonds is 0. The van der Waals surface area contributed by atoms with Crippen LogP contribution in [0.4, 0.5) is 0 Å². The summed E-state index contributed by atoms with van der Waals surface area (Å²) < 4.78 is 0.954. The minimum absolute atomic E-state index is 0.954. The second kappa shape index (κ2) is 1.99. The number of hydrogen-bond acceptors (Lipinski definition) is 0. The van der Waals surface area contributed by atoms with Gasteiger partial charge in [0.1, 0.15) is 0 Å². The van der Waals surface area contributed by atoms with E-state index in [0.717, 1.165) is 4.47 Å². The van der Waals surface area contributed by atoms with E-state index in [9.17, 15) is 0 Å². The lowest BCUT2D eigenvalue weighted by molar-refractivity contribution is 1.69. The molecule has 0 radical (unpaired) electrons. The van der Waals surface area contributed by atoms with Crippen molar-refractivity contribution in [1.29, 1.82) is 0 Å². The Hall–Kier alpha value is -0.480. The molecule has 7 heavy (non-hydrogen) atoms. The highest BCUT2D eigenvalue weighted by Crippen LogP contribution is 2.00. The fraction of sp³-hybridized carbons (Fsp3) is 0. The summed E-state index contributed by atoms with van der Waals surface area (Å²) in [6, 6.07) is 11.2. The second-order valence-electron chi connectivity index (χ2n) is 1.14. The molecule has 1 aromatic carbocycles. The fourth-order valence-electron chi connectivity index (χ4n) is 0.333. The Labute approximate surface area is 51.3 Å². The standard InChI is InChI=1S/C6H3Br/c7-6-4-2-1-3-5-6/h1-2,4H. The second-order valence-corrected chi connectivity index (χ2v) is 2.00. The topological polar surface area (TPSA) is 0 Å². The molecular formula is C6H3Br. The van der Waals surface area contributed by atoms with Gasteiger partial charge in [-0.15, -0.1) is 0 Å². The van der Waals surface area contributed by atoms with Crippen LogP contribution in [0, 0.1) is 12.1 Å². The van der Waals surface area contributed by atoms with Crippen molar-refractivity contribution in [3.05, 3.63) is 34.8 Å². The lowest BCUT2D eigenvalue weighted by Crippen LogP contribution is -1.51. The Bertz CT molecular complexity index is 134. The molecule has 1 rings (SSSR count). The van der Waals surface area contributed by atoms with E-state index in [1.54, 1.807) is 0 Å². The molecule has 0 atom stereocenters. The Morgan fingerprint density at radius 2 is 2.43 bits per heavy atom. The molecular weight excluding hydrogens is 152 g/mol. The van der Waals surface area contributed by atoms with Crippen LogP contribution in [0.1, 0.15) is 0 Å². The highest BCUT2D eigenvalue weighted by molar-refractivity contribution is 9.10. The van der Waals surface area contributed by atoms with E-state index in [1.807, 2.05) is 18.2 Å². The molecule has 0 saturated carbocycles. The van der Waals surface area contributed by atoms with Crippen molar-refractivity contribution in [3.63, 3.8) is 0 Å². The summed E-state index contributed by atoms with van der Waals surface area (Å²) in [4.78, 5) is 0. The maximum atomic E-state index is 3.22. The molecule has 1 aromatic rings. The zero-order valence-electron chi connectivity index (χ0n) is 3.61. The summed E-state index contributed by atoms with van der Waals surface area (Å²) in [6.07, 6.45) is 0. The van der Waals surface area contributed by atoms with Crippen LogP contribution in [0.25, 0.3) is 0 Å². The summed E-state index contributed by atoms with van der Waals surface area (Å²) in [6.45, 7) is 0. The highest BCUT2D eigenvalue weighted by atomic mass is 79.9. The van der Waals surface area contributed by atoms with Crippen LogP contribution in [0.5, 0.6) is 0 Å². The quantitative estimate of drug-likeness (QED) is 0.537. The highest BCUT2D eigenvalue weighted by Gasteiger charge is 1.71. The zero-order chi connectivity index (χ0) is 5.11. The van der Waals surface area contributed by atoms with Crippen LogP contribution in [0.3, 0.4) is 0 Å². The lowest BCUT2D eigenvalue weighted by atomic mass is 10.4. The van der Waals surface area contributed by atoms with E-state index in [4.69, 9.17) is 0 Å². The van der Waals surface area contributed by atoms with Crippen LogP contribution in [-0.4, -0.2) is 0 Å². The number of halogens is 1. The summed E-state index contributed by atoms with van der Waals surface area (Å²) in [7, 11) is 0. The first kappa shape index (κ1) is 4.67. The third-order valence-electron chi connectivity index (χ3n) is 0.614. The minimum Gasteiger partial charge on any atom is -0.0691 e. The summed E-state index contributed by atoms with van der Waals surface area (Å²) in [5, 5.41) is 0. The van der Waals surface area contributed by atoms with Gasteiger partial charge in [0.2, 0.25) is 0 Å². The summed E-state index contributed by atoms with van der Waals surface area (Å²) in [5.41, 5.74) is 0. The minimum atomic E-state index is 0.954.